The van der Waals surface area contributed by atoms with Gasteiger partial charge >= 0.3 is 0 Å². The third-order valence-electron chi connectivity index (χ3n) is 3.23. The lowest BCUT2D eigenvalue weighted by atomic mass is 10.1. The lowest BCUT2D eigenvalue weighted by Crippen LogP contribution is -2.21. The second kappa shape index (κ2) is 12.9. The molecule has 0 heterocycles. The summed E-state index contributed by atoms with van der Waals surface area (Å²) in [6.07, 6.45) is 15.3. The highest BCUT2D eigenvalue weighted by Gasteiger charge is 2.13. The van der Waals surface area contributed by atoms with Gasteiger partial charge in [0.25, 0.3) is 0 Å². The first kappa shape index (κ1) is 17.4. The SMILES string of the molecule is C=CCC(CCC)OC(CC=C)CCCCCC. The highest BCUT2D eigenvalue weighted by Crippen LogP contribution is 2.17. The van der Waals surface area contributed by atoms with Crippen LogP contribution in [0.1, 0.15) is 71.6 Å². The molecule has 0 aliphatic carbocycles. The predicted octanol–water partition coefficient (Wildman–Crippen LogP) is 5.66. The van der Waals surface area contributed by atoms with E-state index >= 15 is 0 Å². The van der Waals surface area contributed by atoms with Gasteiger partial charge in [-0.15, -0.1) is 13.2 Å². The van der Waals surface area contributed by atoms with Gasteiger partial charge in [0.05, 0.1) is 12.2 Å². The predicted molar refractivity (Wildman–Crippen MR) is 82.0 cm³/mol. The molecule has 0 aliphatic heterocycles. The topological polar surface area (TPSA) is 9.23 Å². The zero-order valence-corrected chi connectivity index (χ0v) is 12.5. The van der Waals surface area contributed by atoms with Gasteiger partial charge in [-0.2, -0.15) is 0 Å². The summed E-state index contributed by atoms with van der Waals surface area (Å²) in [7, 11) is 0. The molecule has 0 amide bonds. The zero-order chi connectivity index (χ0) is 13.6. The molecule has 0 rings (SSSR count). The molecule has 0 aliphatic rings. The van der Waals surface area contributed by atoms with Crippen LogP contribution in [0, 0.1) is 0 Å². The Balaban J connectivity index is 4.03. The average molecular weight is 252 g/mol. The quantitative estimate of drug-likeness (QED) is 0.303. The van der Waals surface area contributed by atoms with Crippen LogP contribution in [0.2, 0.25) is 0 Å². The minimum absolute atomic E-state index is 0.351. The molecule has 0 spiro atoms. The molecule has 1 nitrogen and oxygen atoms in total. The molecule has 2 atom stereocenters. The molecule has 0 N–H and O–H groups in total. The molecular weight excluding hydrogens is 220 g/mol. The van der Waals surface area contributed by atoms with Crippen LogP contribution >= 0.6 is 0 Å². The monoisotopic (exact) mass is 252 g/mol. The Morgan fingerprint density at radius 3 is 1.94 bits per heavy atom. The van der Waals surface area contributed by atoms with E-state index in [0.29, 0.717) is 12.2 Å². The minimum Gasteiger partial charge on any atom is -0.374 e. The number of unbranched alkanes of at least 4 members (excludes halogenated alkanes) is 3. The van der Waals surface area contributed by atoms with Gasteiger partial charge in [-0.3, -0.25) is 0 Å². The van der Waals surface area contributed by atoms with E-state index in [2.05, 4.69) is 27.0 Å². The Bertz CT molecular complexity index is 198. The molecule has 0 radical (unpaired) electrons. The van der Waals surface area contributed by atoms with Crippen molar-refractivity contribution in [2.24, 2.45) is 0 Å². The maximum atomic E-state index is 6.21. The van der Waals surface area contributed by atoms with Crippen molar-refractivity contribution >= 4 is 0 Å². The van der Waals surface area contributed by atoms with Gasteiger partial charge in [-0.1, -0.05) is 58.1 Å². The molecule has 0 fully saturated rings. The molecule has 1 heteroatoms. The first-order valence-corrected chi connectivity index (χ1v) is 7.65. The van der Waals surface area contributed by atoms with Crippen LogP contribution in [0.15, 0.2) is 25.3 Å². The number of hydrogen-bond acceptors (Lipinski definition) is 1. The van der Waals surface area contributed by atoms with Crippen molar-refractivity contribution in [1.29, 1.82) is 0 Å². The third kappa shape index (κ3) is 9.47. The summed E-state index contributed by atoms with van der Waals surface area (Å²) in [6.45, 7) is 12.1. The normalized spacial score (nSPS) is 14.1. The van der Waals surface area contributed by atoms with E-state index in [9.17, 15) is 0 Å². The van der Waals surface area contributed by atoms with Gasteiger partial charge in [-0.25, -0.2) is 0 Å². The van der Waals surface area contributed by atoms with E-state index in [1.165, 1.54) is 38.5 Å². The minimum atomic E-state index is 0.351. The Kier molecular flexibility index (Phi) is 12.5. The molecule has 0 bridgehead atoms. The summed E-state index contributed by atoms with van der Waals surface area (Å²) in [5.41, 5.74) is 0. The number of hydrogen-bond donors (Lipinski definition) is 0. The van der Waals surface area contributed by atoms with Gasteiger partial charge in [0.2, 0.25) is 0 Å². The van der Waals surface area contributed by atoms with Crippen molar-refractivity contribution in [3.63, 3.8) is 0 Å². The van der Waals surface area contributed by atoms with E-state index in [4.69, 9.17) is 4.74 Å². The fourth-order valence-corrected chi connectivity index (χ4v) is 2.25. The van der Waals surface area contributed by atoms with Crippen molar-refractivity contribution < 1.29 is 4.74 Å². The second-order valence-electron chi connectivity index (χ2n) is 5.07. The molecule has 18 heavy (non-hydrogen) atoms. The maximum absolute atomic E-state index is 6.21. The largest absolute Gasteiger partial charge is 0.374 e. The van der Waals surface area contributed by atoms with E-state index in [-0.39, 0.29) is 0 Å². The Morgan fingerprint density at radius 1 is 0.833 bits per heavy atom. The van der Waals surface area contributed by atoms with Gasteiger partial charge < -0.3 is 4.74 Å². The summed E-state index contributed by atoms with van der Waals surface area (Å²) >= 11 is 0. The molecule has 0 saturated heterocycles. The van der Waals surface area contributed by atoms with Crippen molar-refractivity contribution in [1.82, 2.24) is 0 Å². The second-order valence-corrected chi connectivity index (χ2v) is 5.07. The van der Waals surface area contributed by atoms with Gasteiger partial charge in [-0.05, 0) is 25.7 Å². The first-order valence-electron chi connectivity index (χ1n) is 7.65. The Morgan fingerprint density at radius 2 is 1.44 bits per heavy atom. The third-order valence-corrected chi connectivity index (χ3v) is 3.23. The standard InChI is InChI=1S/C17H32O/c1-5-9-10-11-15-17(14-8-4)18-16(12-6-2)13-7-3/h6,8,16-17H,2,4-5,7,9-15H2,1,3H3. The van der Waals surface area contributed by atoms with Crippen LogP contribution in [0.4, 0.5) is 0 Å². The summed E-state index contributed by atoms with van der Waals surface area (Å²) < 4.78 is 6.21. The molecule has 0 aromatic carbocycles. The van der Waals surface area contributed by atoms with E-state index < -0.39 is 0 Å². The Hall–Kier alpha value is -0.560. The lowest BCUT2D eigenvalue weighted by Gasteiger charge is -2.23. The zero-order valence-electron chi connectivity index (χ0n) is 12.5. The van der Waals surface area contributed by atoms with Crippen molar-refractivity contribution in [2.45, 2.75) is 83.8 Å². The van der Waals surface area contributed by atoms with Gasteiger partial charge in [0.1, 0.15) is 0 Å². The highest BCUT2D eigenvalue weighted by molar-refractivity contribution is 4.78. The van der Waals surface area contributed by atoms with Crippen LogP contribution in [-0.2, 0) is 4.74 Å². The lowest BCUT2D eigenvalue weighted by molar-refractivity contribution is -0.0181. The Labute approximate surface area is 114 Å². The highest BCUT2D eigenvalue weighted by atomic mass is 16.5. The first-order chi connectivity index (χ1) is 8.78. The van der Waals surface area contributed by atoms with Crippen LogP contribution in [0.5, 0.6) is 0 Å². The molecule has 106 valence electrons. The summed E-state index contributed by atoms with van der Waals surface area (Å²) in [4.78, 5) is 0. The molecule has 0 saturated carbocycles. The number of ether oxygens (including phenoxy) is 1. The smallest absolute Gasteiger partial charge is 0.0613 e. The average Bonchev–Trinajstić information content (AvgIpc) is 2.35. The van der Waals surface area contributed by atoms with Crippen LogP contribution in [0.25, 0.3) is 0 Å². The van der Waals surface area contributed by atoms with Crippen molar-refractivity contribution in [3.05, 3.63) is 25.3 Å². The van der Waals surface area contributed by atoms with Gasteiger partial charge in [0.15, 0.2) is 0 Å². The number of rotatable bonds is 13. The van der Waals surface area contributed by atoms with E-state index in [1.54, 1.807) is 0 Å². The molecule has 0 aromatic rings. The molecule has 0 aromatic heterocycles. The summed E-state index contributed by atoms with van der Waals surface area (Å²) in [5, 5.41) is 0. The van der Waals surface area contributed by atoms with E-state index in [1.807, 2.05) is 12.2 Å². The van der Waals surface area contributed by atoms with Crippen molar-refractivity contribution in [2.75, 3.05) is 0 Å². The summed E-state index contributed by atoms with van der Waals surface area (Å²) in [5.74, 6) is 0. The summed E-state index contributed by atoms with van der Waals surface area (Å²) in [6, 6.07) is 0. The van der Waals surface area contributed by atoms with Crippen LogP contribution < -0.4 is 0 Å². The van der Waals surface area contributed by atoms with Crippen molar-refractivity contribution in [3.8, 4) is 0 Å². The molecular formula is C17H32O. The van der Waals surface area contributed by atoms with Crippen LogP contribution in [0.3, 0.4) is 0 Å². The van der Waals surface area contributed by atoms with Gasteiger partial charge in [0, 0.05) is 0 Å². The molecule has 2 unspecified atom stereocenters. The van der Waals surface area contributed by atoms with Crippen LogP contribution in [-0.4, -0.2) is 12.2 Å². The fourth-order valence-electron chi connectivity index (χ4n) is 2.25. The van der Waals surface area contributed by atoms with E-state index in [0.717, 1.165) is 19.3 Å². The maximum Gasteiger partial charge on any atom is 0.0613 e. The fraction of sp³-hybridized carbons (Fsp3) is 0.765.